The van der Waals surface area contributed by atoms with Crippen molar-refractivity contribution in [1.29, 1.82) is 0 Å². The van der Waals surface area contributed by atoms with Crippen LogP contribution in [0.25, 0.3) is 11.4 Å². The molecule has 16 heavy (non-hydrogen) atoms. The predicted octanol–water partition coefficient (Wildman–Crippen LogP) is 2.38. The first-order valence-electron chi connectivity index (χ1n) is 5.34. The van der Waals surface area contributed by atoms with Gasteiger partial charge in [0.2, 0.25) is 11.7 Å². The predicted molar refractivity (Wildman–Crippen MR) is 58.4 cm³/mol. The fourth-order valence-corrected chi connectivity index (χ4v) is 1.38. The van der Waals surface area contributed by atoms with Crippen LogP contribution in [-0.2, 0) is 0 Å². The van der Waals surface area contributed by atoms with Crippen LogP contribution in [-0.4, -0.2) is 10.1 Å². The Bertz CT molecular complexity index is 436. The van der Waals surface area contributed by atoms with Gasteiger partial charge in [-0.2, -0.15) is 4.98 Å². The molecule has 0 saturated carbocycles. The topological polar surface area (TPSA) is 78.1 Å². The second-order valence-electron chi connectivity index (χ2n) is 3.88. The van der Waals surface area contributed by atoms with Gasteiger partial charge in [0.05, 0.1) is 17.9 Å². The summed E-state index contributed by atoms with van der Waals surface area (Å²) >= 11 is 0. The van der Waals surface area contributed by atoms with Gasteiger partial charge in [0.15, 0.2) is 0 Å². The molecule has 5 heteroatoms. The Morgan fingerprint density at radius 1 is 1.50 bits per heavy atom. The highest BCUT2D eigenvalue weighted by molar-refractivity contribution is 5.51. The number of nitrogens with zero attached hydrogens (tertiary/aromatic N) is 2. The summed E-state index contributed by atoms with van der Waals surface area (Å²) in [5.74, 6) is 1.31. The van der Waals surface area contributed by atoms with Crippen molar-refractivity contribution in [2.24, 2.45) is 11.7 Å². The van der Waals surface area contributed by atoms with Crippen molar-refractivity contribution in [2.45, 2.75) is 26.3 Å². The monoisotopic (exact) mass is 221 g/mol. The largest absolute Gasteiger partial charge is 0.472 e. The molecule has 2 atom stereocenters. The summed E-state index contributed by atoms with van der Waals surface area (Å²) in [5.41, 5.74) is 6.79. The van der Waals surface area contributed by atoms with Crippen molar-refractivity contribution >= 4 is 0 Å². The molecular weight excluding hydrogens is 206 g/mol. The van der Waals surface area contributed by atoms with Crippen LogP contribution in [0.1, 0.15) is 32.2 Å². The van der Waals surface area contributed by atoms with Crippen LogP contribution in [0.5, 0.6) is 0 Å². The summed E-state index contributed by atoms with van der Waals surface area (Å²) < 4.78 is 10.1. The van der Waals surface area contributed by atoms with E-state index in [1.165, 1.54) is 0 Å². The van der Waals surface area contributed by atoms with E-state index in [0.29, 0.717) is 17.6 Å². The van der Waals surface area contributed by atoms with Gasteiger partial charge in [-0.05, 0) is 12.0 Å². The van der Waals surface area contributed by atoms with E-state index in [1.54, 1.807) is 18.6 Å². The molecule has 0 aliphatic heterocycles. The Morgan fingerprint density at radius 2 is 2.31 bits per heavy atom. The van der Waals surface area contributed by atoms with E-state index in [2.05, 4.69) is 24.0 Å². The third-order valence-corrected chi connectivity index (χ3v) is 2.76. The molecule has 0 radical (unpaired) electrons. The molecule has 0 amide bonds. The Balaban J connectivity index is 2.20. The third kappa shape index (κ3) is 1.99. The Kier molecular flexibility index (Phi) is 3.05. The van der Waals surface area contributed by atoms with Gasteiger partial charge in [-0.1, -0.05) is 25.4 Å². The highest BCUT2D eigenvalue weighted by Gasteiger charge is 2.20. The summed E-state index contributed by atoms with van der Waals surface area (Å²) in [6.07, 6.45) is 4.12. The maximum Gasteiger partial charge on any atom is 0.244 e. The van der Waals surface area contributed by atoms with Gasteiger partial charge < -0.3 is 14.7 Å². The maximum atomic E-state index is 6.00. The van der Waals surface area contributed by atoms with E-state index in [4.69, 9.17) is 14.7 Å². The van der Waals surface area contributed by atoms with Crippen molar-refractivity contribution in [3.8, 4) is 11.4 Å². The number of nitrogens with two attached hydrogens (primary N) is 1. The first-order valence-corrected chi connectivity index (χ1v) is 5.34. The molecule has 0 aromatic carbocycles. The van der Waals surface area contributed by atoms with E-state index in [0.717, 1.165) is 12.0 Å². The van der Waals surface area contributed by atoms with Crippen LogP contribution in [0.4, 0.5) is 0 Å². The number of furan rings is 1. The zero-order valence-corrected chi connectivity index (χ0v) is 9.38. The second-order valence-corrected chi connectivity index (χ2v) is 3.88. The molecule has 2 rings (SSSR count). The summed E-state index contributed by atoms with van der Waals surface area (Å²) in [5, 5.41) is 3.87. The molecule has 0 aliphatic carbocycles. The SMILES string of the molecule is CCC(C)[C@H](N)c1nc(-c2ccoc2)no1. The smallest absolute Gasteiger partial charge is 0.244 e. The number of hydrogen-bond donors (Lipinski definition) is 1. The van der Waals surface area contributed by atoms with Crippen molar-refractivity contribution in [3.63, 3.8) is 0 Å². The standard InChI is InChI=1S/C11H15N3O2/c1-3-7(2)9(12)11-13-10(14-16-11)8-4-5-15-6-8/h4-7,9H,3,12H2,1-2H3/t7?,9-/m0/s1. The van der Waals surface area contributed by atoms with Gasteiger partial charge >= 0.3 is 0 Å². The highest BCUT2D eigenvalue weighted by Crippen LogP contribution is 2.23. The van der Waals surface area contributed by atoms with Crippen molar-refractivity contribution in [3.05, 3.63) is 24.5 Å². The average Bonchev–Trinajstić information content (AvgIpc) is 2.96. The molecule has 0 fully saturated rings. The molecule has 0 aliphatic rings. The van der Waals surface area contributed by atoms with E-state index in [9.17, 15) is 0 Å². The number of rotatable bonds is 4. The van der Waals surface area contributed by atoms with Crippen LogP contribution in [0, 0.1) is 5.92 Å². The maximum absolute atomic E-state index is 6.00. The minimum atomic E-state index is -0.210. The van der Waals surface area contributed by atoms with Crippen LogP contribution < -0.4 is 5.73 Å². The minimum absolute atomic E-state index is 0.210. The summed E-state index contributed by atoms with van der Waals surface area (Å²) in [4.78, 5) is 4.26. The Hall–Kier alpha value is -1.62. The van der Waals surface area contributed by atoms with Crippen LogP contribution in [0.3, 0.4) is 0 Å². The number of hydrogen-bond acceptors (Lipinski definition) is 5. The lowest BCUT2D eigenvalue weighted by atomic mass is 10.0. The molecule has 0 bridgehead atoms. The van der Waals surface area contributed by atoms with Crippen LogP contribution in [0.2, 0.25) is 0 Å². The normalized spacial score (nSPS) is 14.9. The lowest BCUT2D eigenvalue weighted by molar-refractivity contribution is 0.312. The van der Waals surface area contributed by atoms with E-state index >= 15 is 0 Å². The summed E-state index contributed by atoms with van der Waals surface area (Å²) in [7, 11) is 0. The van der Waals surface area contributed by atoms with Gasteiger partial charge in [0, 0.05) is 0 Å². The van der Waals surface area contributed by atoms with E-state index in [1.807, 2.05) is 0 Å². The molecule has 2 aromatic rings. The molecule has 86 valence electrons. The fourth-order valence-electron chi connectivity index (χ4n) is 1.38. The van der Waals surface area contributed by atoms with Gasteiger partial charge in [0.1, 0.15) is 6.26 Å². The molecule has 2 heterocycles. The summed E-state index contributed by atoms with van der Waals surface area (Å²) in [6.45, 7) is 4.14. The second kappa shape index (κ2) is 4.49. The Morgan fingerprint density at radius 3 is 2.94 bits per heavy atom. The molecular formula is C11H15N3O2. The van der Waals surface area contributed by atoms with Crippen molar-refractivity contribution < 1.29 is 8.94 Å². The van der Waals surface area contributed by atoms with Gasteiger partial charge in [-0.15, -0.1) is 0 Å². The van der Waals surface area contributed by atoms with Gasteiger partial charge in [0.25, 0.3) is 0 Å². The average molecular weight is 221 g/mol. The molecule has 2 N–H and O–H groups in total. The zero-order chi connectivity index (χ0) is 11.5. The van der Waals surface area contributed by atoms with Gasteiger partial charge in [-0.3, -0.25) is 0 Å². The molecule has 0 saturated heterocycles. The van der Waals surface area contributed by atoms with Crippen molar-refractivity contribution in [2.75, 3.05) is 0 Å². The molecule has 1 unspecified atom stereocenters. The summed E-state index contributed by atoms with van der Waals surface area (Å²) in [6, 6.07) is 1.57. The third-order valence-electron chi connectivity index (χ3n) is 2.76. The lowest BCUT2D eigenvalue weighted by Crippen LogP contribution is -2.18. The molecule has 2 aromatic heterocycles. The highest BCUT2D eigenvalue weighted by atomic mass is 16.5. The first-order chi connectivity index (χ1) is 7.72. The lowest BCUT2D eigenvalue weighted by Gasteiger charge is -2.12. The molecule has 0 spiro atoms. The molecule has 5 nitrogen and oxygen atoms in total. The van der Waals surface area contributed by atoms with E-state index in [-0.39, 0.29) is 6.04 Å². The number of aromatic nitrogens is 2. The first kappa shape index (κ1) is 10.9. The minimum Gasteiger partial charge on any atom is -0.472 e. The van der Waals surface area contributed by atoms with Crippen molar-refractivity contribution in [1.82, 2.24) is 10.1 Å². The Labute approximate surface area is 93.6 Å². The van der Waals surface area contributed by atoms with Gasteiger partial charge in [-0.25, -0.2) is 0 Å². The van der Waals surface area contributed by atoms with Crippen LogP contribution >= 0.6 is 0 Å². The van der Waals surface area contributed by atoms with Crippen LogP contribution in [0.15, 0.2) is 27.5 Å². The fraction of sp³-hybridized carbons (Fsp3) is 0.455. The quantitative estimate of drug-likeness (QED) is 0.857. The zero-order valence-electron chi connectivity index (χ0n) is 9.38. The van der Waals surface area contributed by atoms with E-state index < -0.39 is 0 Å².